The van der Waals surface area contributed by atoms with Gasteiger partial charge in [0.1, 0.15) is 17.4 Å². The molecule has 1 N–H and O–H groups in total. The number of nitriles is 1. The quantitative estimate of drug-likeness (QED) is 0.402. The average molecular weight is 443 g/mol. The molecule has 6 nitrogen and oxygen atoms in total. The van der Waals surface area contributed by atoms with Gasteiger partial charge in [-0.05, 0) is 62.4 Å². The van der Waals surface area contributed by atoms with Gasteiger partial charge in [-0.25, -0.2) is 4.79 Å². The van der Waals surface area contributed by atoms with Crippen molar-refractivity contribution in [2.45, 2.75) is 20.0 Å². The summed E-state index contributed by atoms with van der Waals surface area (Å²) in [6.45, 7) is 3.79. The van der Waals surface area contributed by atoms with Crippen LogP contribution in [0, 0.1) is 11.3 Å². The zero-order chi connectivity index (χ0) is 20.7. The molecule has 7 heteroatoms. The van der Waals surface area contributed by atoms with E-state index in [1.54, 1.807) is 24.3 Å². The fraction of sp³-hybridized carbons (Fsp3) is 0.190. The number of nitrogens with one attached hydrogen (secondary N) is 1. The average Bonchev–Trinajstić information content (AvgIpc) is 2.67. The molecule has 0 aliphatic carbocycles. The number of benzene rings is 2. The third kappa shape index (κ3) is 5.69. The summed E-state index contributed by atoms with van der Waals surface area (Å²) in [5.41, 5.74) is 1.34. The number of hydrogen-bond donors (Lipinski definition) is 1. The third-order valence-corrected chi connectivity index (χ3v) is 4.06. The summed E-state index contributed by atoms with van der Waals surface area (Å²) >= 11 is 3.38. The van der Waals surface area contributed by atoms with E-state index in [1.165, 1.54) is 25.3 Å². The summed E-state index contributed by atoms with van der Waals surface area (Å²) < 4.78 is 11.2. The fourth-order valence-electron chi connectivity index (χ4n) is 2.30. The van der Waals surface area contributed by atoms with E-state index in [2.05, 4.69) is 26.0 Å². The summed E-state index contributed by atoms with van der Waals surface area (Å²) in [4.78, 5) is 24.0. The van der Waals surface area contributed by atoms with Gasteiger partial charge in [-0.15, -0.1) is 0 Å². The van der Waals surface area contributed by atoms with Crippen LogP contribution in [0.15, 0.2) is 52.5 Å². The van der Waals surface area contributed by atoms with Crippen LogP contribution in [-0.2, 0) is 9.53 Å². The minimum Gasteiger partial charge on any atom is -0.490 e. The first-order valence-electron chi connectivity index (χ1n) is 8.41. The number of anilines is 1. The molecule has 0 aliphatic rings. The molecule has 0 fully saturated rings. The molecular weight excluding hydrogens is 424 g/mol. The van der Waals surface area contributed by atoms with Crippen LogP contribution in [-0.4, -0.2) is 25.1 Å². The number of methoxy groups -OCH3 is 1. The van der Waals surface area contributed by atoms with Crippen LogP contribution in [0.25, 0.3) is 6.08 Å². The summed E-state index contributed by atoms with van der Waals surface area (Å²) in [6, 6.07) is 13.5. The van der Waals surface area contributed by atoms with Crippen LogP contribution in [0.3, 0.4) is 0 Å². The maximum atomic E-state index is 12.5. The second-order valence-electron chi connectivity index (χ2n) is 6.04. The summed E-state index contributed by atoms with van der Waals surface area (Å²) in [6.07, 6.45) is 1.42. The number of esters is 1. The van der Waals surface area contributed by atoms with Crippen molar-refractivity contribution in [3.05, 3.63) is 63.6 Å². The smallest absolute Gasteiger partial charge is 0.337 e. The Morgan fingerprint density at radius 2 is 1.86 bits per heavy atom. The lowest BCUT2D eigenvalue weighted by Gasteiger charge is -2.13. The third-order valence-electron chi connectivity index (χ3n) is 3.56. The number of halogens is 1. The molecule has 0 saturated heterocycles. The summed E-state index contributed by atoms with van der Waals surface area (Å²) in [5.74, 6) is -0.465. The normalized spacial score (nSPS) is 10.9. The maximum Gasteiger partial charge on any atom is 0.337 e. The van der Waals surface area contributed by atoms with Crippen molar-refractivity contribution in [2.24, 2.45) is 0 Å². The minimum atomic E-state index is -0.566. The number of nitrogens with zero attached hydrogens (tertiary/aromatic N) is 1. The Morgan fingerprint density at radius 3 is 2.43 bits per heavy atom. The molecule has 0 bridgehead atoms. The second-order valence-corrected chi connectivity index (χ2v) is 6.96. The zero-order valence-corrected chi connectivity index (χ0v) is 17.2. The van der Waals surface area contributed by atoms with E-state index in [-0.39, 0.29) is 11.7 Å². The molecule has 28 heavy (non-hydrogen) atoms. The van der Waals surface area contributed by atoms with Crippen LogP contribution in [0.1, 0.15) is 29.8 Å². The van der Waals surface area contributed by atoms with Gasteiger partial charge in [0, 0.05) is 15.7 Å². The van der Waals surface area contributed by atoms with Gasteiger partial charge in [-0.1, -0.05) is 15.9 Å². The Balaban J connectivity index is 2.25. The van der Waals surface area contributed by atoms with Crippen molar-refractivity contribution >= 4 is 39.6 Å². The van der Waals surface area contributed by atoms with Crippen LogP contribution >= 0.6 is 15.9 Å². The van der Waals surface area contributed by atoms with E-state index in [0.29, 0.717) is 22.6 Å². The van der Waals surface area contributed by atoms with Gasteiger partial charge in [-0.3, -0.25) is 4.79 Å². The first-order chi connectivity index (χ1) is 13.3. The first kappa shape index (κ1) is 21.2. The van der Waals surface area contributed by atoms with Gasteiger partial charge < -0.3 is 14.8 Å². The topological polar surface area (TPSA) is 88.4 Å². The number of rotatable bonds is 6. The molecule has 0 aromatic heterocycles. The van der Waals surface area contributed by atoms with Gasteiger partial charge in [-0.2, -0.15) is 5.26 Å². The van der Waals surface area contributed by atoms with Gasteiger partial charge >= 0.3 is 5.97 Å². The lowest BCUT2D eigenvalue weighted by molar-refractivity contribution is -0.112. The second kappa shape index (κ2) is 9.72. The molecule has 0 aliphatic heterocycles. The SMILES string of the molecule is COC(=O)c1ccc(NC(=O)/C(C#N)=C/c2cc(Br)ccc2OC(C)C)cc1. The lowest BCUT2D eigenvalue weighted by atomic mass is 10.1. The van der Waals surface area contributed by atoms with Crippen molar-refractivity contribution < 1.29 is 19.1 Å². The zero-order valence-electron chi connectivity index (χ0n) is 15.7. The highest BCUT2D eigenvalue weighted by Crippen LogP contribution is 2.26. The fourth-order valence-corrected chi connectivity index (χ4v) is 2.68. The number of carbonyl (C=O) groups excluding carboxylic acids is 2. The molecule has 2 rings (SSSR count). The van der Waals surface area contributed by atoms with Crippen molar-refractivity contribution in [1.82, 2.24) is 0 Å². The Bertz CT molecular complexity index is 944. The van der Waals surface area contributed by atoms with E-state index in [9.17, 15) is 14.9 Å². The predicted octanol–water partition coefficient (Wildman–Crippen LogP) is 4.57. The molecule has 0 spiro atoms. The van der Waals surface area contributed by atoms with Gasteiger partial charge in [0.15, 0.2) is 0 Å². The van der Waals surface area contributed by atoms with Crippen LogP contribution in [0.2, 0.25) is 0 Å². The summed E-state index contributed by atoms with van der Waals surface area (Å²) in [5, 5.41) is 12.1. The molecule has 0 radical (unpaired) electrons. The lowest BCUT2D eigenvalue weighted by Crippen LogP contribution is -2.14. The summed E-state index contributed by atoms with van der Waals surface area (Å²) in [7, 11) is 1.29. The standard InChI is InChI=1S/C21H19BrN2O4/c1-13(2)28-19-9-6-17(22)11-15(19)10-16(12-23)20(25)24-18-7-4-14(5-8-18)21(26)27-3/h4-11,13H,1-3H3,(H,24,25)/b16-10+. The van der Waals surface area contributed by atoms with Gasteiger partial charge in [0.2, 0.25) is 0 Å². The number of amides is 1. The van der Waals surface area contributed by atoms with Crippen molar-refractivity contribution in [3.8, 4) is 11.8 Å². The van der Waals surface area contributed by atoms with E-state index in [4.69, 9.17) is 4.74 Å². The molecule has 0 atom stereocenters. The maximum absolute atomic E-state index is 12.5. The van der Waals surface area contributed by atoms with Crippen molar-refractivity contribution in [1.29, 1.82) is 5.26 Å². The molecule has 1 amide bonds. The Hall–Kier alpha value is -3.11. The van der Waals surface area contributed by atoms with Crippen LogP contribution in [0.5, 0.6) is 5.75 Å². The monoisotopic (exact) mass is 442 g/mol. The molecule has 0 saturated carbocycles. The highest BCUT2D eigenvalue weighted by Gasteiger charge is 2.13. The number of carbonyl (C=O) groups is 2. The molecular formula is C21H19BrN2O4. The predicted molar refractivity (Wildman–Crippen MR) is 110 cm³/mol. The molecule has 144 valence electrons. The molecule has 0 heterocycles. The Morgan fingerprint density at radius 1 is 1.18 bits per heavy atom. The van der Waals surface area contributed by atoms with E-state index in [1.807, 2.05) is 26.0 Å². The van der Waals surface area contributed by atoms with E-state index >= 15 is 0 Å². The highest BCUT2D eigenvalue weighted by molar-refractivity contribution is 9.10. The molecule has 2 aromatic rings. The number of hydrogen-bond acceptors (Lipinski definition) is 5. The van der Waals surface area contributed by atoms with Crippen molar-refractivity contribution in [3.63, 3.8) is 0 Å². The minimum absolute atomic E-state index is 0.0546. The van der Waals surface area contributed by atoms with Gasteiger partial charge in [0.25, 0.3) is 5.91 Å². The Labute approximate surface area is 171 Å². The van der Waals surface area contributed by atoms with Crippen molar-refractivity contribution in [2.75, 3.05) is 12.4 Å². The Kier molecular flexibility index (Phi) is 7.36. The molecule has 0 unspecified atom stereocenters. The first-order valence-corrected chi connectivity index (χ1v) is 9.21. The van der Waals surface area contributed by atoms with Gasteiger partial charge in [0.05, 0.1) is 18.8 Å². The number of ether oxygens (including phenoxy) is 2. The van der Waals surface area contributed by atoms with E-state index < -0.39 is 11.9 Å². The van der Waals surface area contributed by atoms with Crippen LogP contribution in [0.4, 0.5) is 5.69 Å². The van der Waals surface area contributed by atoms with Crippen LogP contribution < -0.4 is 10.1 Å². The largest absolute Gasteiger partial charge is 0.490 e. The molecule has 2 aromatic carbocycles. The highest BCUT2D eigenvalue weighted by atomic mass is 79.9. The van der Waals surface area contributed by atoms with E-state index in [0.717, 1.165) is 4.47 Å².